The molecule has 4 nitrogen and oxygen atoms in total. The molecule has 2 aromatic rings. The number of para-hydroxylation sites is 1. The van der Waals surface area contributed by atoms with Gasteiger partial charge in [0.25, 0.3) is 0 Å². The molecule has 1 amide bonds. The number of carbonyl (C=O) groups excluding carboxylic acids is 1. The van der Waals surface area contributed by atoms with Gasteiger partial charge in [0.1, 0.15) is 6.04 Å². The fourth-order valence-corrected chi connectivity index (χ4v) is 2.34. The van der Waals surface area contributed by atoms with E-state index < -0.39 is 0 Å². The lowest BCUT2D eigenvalue weighted by molar-refractivity contribution is -0.117. The normalized spacial score (nSPS) is 18.8. The molecule has 0 aliphatic carbocycles. The van der Waals surface area contributed by atoms with Gasteiger partial charge in [0, 0.05) is 23.5 Å². The maximum absolute atomic E-state index is 12.0. The molecular weight excluding hydrogens is 238 g/mol. The molecule has 0 bridgehead atoms. The summed E-state index contributed by atoms with van der Waals surface area (Å²) in [7, 11) is 0. The maximum Gasteiger partial charge on any atom is 0.246 e. The highest BCUT2D eigenvalue weighted by Crippen LogP contribution is 2.31. The van der Waals surface area contributed by atoms with Gasteiger partial charge in [-0.2, -0.15) is 0 Å². The number of nitrogens with one attached hydrogen (secondary N) is 2. The van der Waals surface area contributed by atoms with E-state index in [4.69, 9.17) is 0 Å². The second-order valence-electron chi connectivity index (χ2n) is 4.65. The average molecular weight is 253 g/mol. The average Bonchev–Trinajstić information content (AvgIpc) is 2.76. The van der Waals surface area contributed by atoms with Gasteiger partial charge in [-0.25, -0.2) is 0 Å². The van der Waals surface area contributed by atoms with Crippen LogP contribution in [-0.2, 0) is 4.79 Å². The standard InChI is InChI=1S/C15H15N3O/c1-10(12-7-4-5-9-16-12)17-14-11-6-2-3-8-13(11)18-15(14)19/h2-10,14,17H,1H3,(H,18,19). The Hall–Kier alpha value is -2.20. The molecule has 4 heteroatoms. The Balaban J connectivity index is 1.82. The van der Waals surface area contributed by atoms with Gasteiger partial charge in [0.2, 0.25) is 5.91 Å². The third-order valence-electron chi connectivity index (χ3n) is 3.34. The molecule has 0 saturated heterocycles. The van der Waals surface area contributed by atoms with E-state index in [1.54, 1.807) is 6.20 Å². The number of amides is 1. The molecule has 2 N–H and O–H groups in total. The van der Waals surface area contributed by atoms with E-state index >= 15 is 0 Å². The van der Waals surface area contributed by atoms with Crippen LogP contribution in [0.1, 0.15) is 30.3 Å². The summed E-state index contributed by atoms with van der Waals surface area (Å²) in [6, 6.07) is 13.2. The van der Waals surface area contributed by atoms with Crippen LogP contribution in [0.15, 0.2) is 48.7 Å². The number of aromatic nitrogens is 1. The first-order chi connectivity index (χ1) is 9.25. The summed E-state index contributed by atoms with van der Waals surface area (Å²) in [5.41, 5.74) is 2.81. The molecule has 2 atom stereocenters. The number of anilines is 1. The van der Waals surface area contributed by atoms with Crippen molar-refractivity contribution in [2.45, 2.75) is 19.0 Å². The Bertz CT molecular complexity index is 597. The van der Waals surface area contributed by atoms with Crippen molar-refractivity contribution in [1.82, 2.24) is 10.3 Å². The molecule has 0 fully saturated rings. The van der Waals surface area contributed by atoms with Gasteiger partial charge in [-0.3, -0.25) is 15.1 Å². The molecule has 0 radical (unpaired) electrons. The number of fused-ring (bicyclic) bond motifs is 1. The van der Waals surface area contributed by atoms with E-state index in [0.717, 1.165) is 16.9 Å². The fourth-order valence-electron chi connectivity index (χ4n) is 2.34. The summed E-state index contributed by atoms with van der Waals surface area (Å²) in [6.45, 7) is 2.01. The van der Waals surface area contributed by atoms with Crippen LogP contribution in [0.25, 0.3) is 0 Å². The Morgan fingerprint density at radius 3 is 2.79 bits per heavy atom. The summed E-state index contributed by atoms with van der Waals surface area (Å²) in [5.74, 6) is -0.0102. The number of carbonyl (C=O) groups is 1. The van der Waals surface area contributed by atoms with Gasteiger partial charge in [-0.05, 0) is 25.1 Å². The van der Waals surface area contributed by atoms with Crippen molar-refractivity contribution in [3.63, 3.8) is 0 Å². The number of nitrogens with zero attached hydrogens (tertiary/aromatic N) is 1. The number of pyridine rings is 1. The van der Waals surface area contributed by atoms with Gasteiger partial charge in [-0.1, -0.05) is 24.3 Å². The van der Waals surface area contributed by atoms with Crippen LogP contribution in [0.4, 0.5) is 5.69 Å². The van der Waals surface area contributed by atoms with Crippen LogP contribution in [0, 0.1) is 0 Å². The molecule has 1 aliphatic heterocycles. The van der Waals surface area contributed by atoms with Gasteiger partial charge in [-0.15, -0.1) is 0 Å². The number of hydrogen-bond acceptors (Lipinski definition) is 3. The van der Waals surface area contributed by atoms with E-state index in [0.29, 0.717) is 0 Å². The minimum Gasteiger partial charge on any atom is -0.324 e. The minimum absolute atomic E-state index is 0.0102. The lowest BCUT2D eigenvalue weighted by Gasteiger charge is -2.17. The summed E-state index contributed by atoms with van der Waals surface area (Å²) in [4.78, 5) is 16.3. The Kier molecular flexibility index (Phi) is 3.01. The molecular formula is C15H15N3O. The summed E-state index contributed by atoms with van der Waals surface area (Å²) in [6.07, 6.45) is 1.76. The van der Waals surface area contributed by atoms with E-state index in [-0.39, 0.29) is 18.0 Å². The highest BCUT2D eigenvalue weighted by molar-refractivity contribution is 6.02. The van der Waals surface area contributed by atoms with Crippen LogP contribution >= 0.6 is 0 Å². The molecule has 0 spiro atoms. The van der Waals surface area contributed by atoms with Crippen LogP contribution in [0.3, 0.4) is 0 Å². The largest absolute Gasteiger partial charge is 0.324 e. The Morgan fingerprint density at radius 2 is 2.00 bits per heavy atom. The topological polar surface area (TPSA) is 54.0 Å². The zero-order valence-corrected chi connectivity index (χ0v) is 10.6. The lowest BCUT2D eigenvalue weighted by Crippen LogP contribution is -2.30. The second kappa shape index (κ2) is 4.82. The van der Waals surface area contributed by atoms with Crippen molar-refractivity contribution in [1.29, 1.82) is 0 Å². The van der Waals surface area contributed by atoms with E-state index in [1.807, 2.05) is 49.4 Å². The number of benzene rings is 1. The molecule has 2 unspecified atom stereocenters. The monoisotopic (exact) mass is 253 g/mol. The molecule has 0 saturated carbocycles. The quantitative estimate of drug-likeness (QED) is 0.883. The first-order valence-corrected chi connectivity index (χ1v) is 6.32. The molecule has 1 aromatic heterocycles. The van der Waals surface area contributed by atoms with Crippen molar-refractivity contribution < 1.29 is 4.79 Å². The van der Waals surface area contributed by atoms with E-state index in [9.17, 15) is 4.79 Å². The summed E-state index contributed by atoms with van der Waals surface area (Å²) in [5, 5.41) is 6.21. The third-order valence-corrected chi connectivity index (χ3v) is 3.34. The van der Waals surface area contributed by atoms with Crippen LogP contribution < -0.4 is 10.6 Å². The van der Waals surface area contributed by atoms with Gasteiger partial charge < -0.3 is 5.32 Å². The van der Waals surface area contributed by atoms with Gasteiger partial charge in [0.15, 0.2) is 0 Å². The molecule has 2 heterocycles. The number of rotatable bonds is 3. The van der Waals surface area contributed by atoms with Crippen molar-refractivity contribution in [3.05, 3.63) is 59.9 Å². The molecule has 19 heavy (non-hydrogen) atoms. The molecule has 96 valence electrons. The van der Waals surface area contributed by atoms with Crippen LogP contribution in [0.2, 0.25) is 0 Å². The summed E-state index contributed by atoms with van der Waals surface area (Å²) < 4.78 is 0. The first-order valence-electron chi connectivity index (χ1n) is 6.32. The maximum atomic E-state index is 12.0. The zero-order chi connectivity index (χ0) is 13.2. The van der Waals surface area contributed by atoms with E-state index in [1.165, 1.54) is 0 Å². The van der Waals surface area contributed by atoms with Crippen molar-refractivity contribution in [3.8, 4) is 0 Å². The SMILES string of the molecule is CC(NC1C(=O)Nc2ccccc21)c1ccccn1. The first kappa shape index (κ1) is 11.9. The van der Waals surface area contributed by atoms with Gasteiger partial charge >= 0.3 is 0 Å². The molecule has 3 rings (SSSR count). The van der Waals surface area contributed by atoms with Crippen molar-refractivity contribution >= 4 is 11.6 Å². The fraction of sp³-hybridized carbons (Fsp3) is 0.200. The predicted molar refractivity (Wildman–Crippen MR) is 73.6 cm³/mol. The second-order valence-corrected chi connectivity index (χ2v) is 4.65. The highest BCUT2D eigenvalue weighted by Gasteiger charge is 2.31. The van der Waals surface area contributed by atoms with E-state index in [2.05, 4.69) is 15.6 Å². The lowest BCUT2D eigenvalue weighted by atomic mass is 10.1. The Labute approximate surface area is 111 Å². The van der Waals surface area contributed by atoms with Gasteiger partial charge in [0.05, 0.1) is 5.69 Å². The smallest absolute Gasteiger partial charge is 0.246 e. The van der Waals surface area contributed by atoms with Crippen LogP contribution in [-0.4, -0.2) is 10.9 Å². The summed E-state index contributed by atoms with van der Waals surface area (Å²) >= 11 is 0. The predicted octanol–water partition coefficient (Wildman–Crippen LogP) is 2.43. The highest BCUT2D eigenvalue weighted by atomic mass is 16.2. The van der Waals surface area contributed by atoms with Crippen LogP contribution in [0.5, 0.6) is 0 Å². The van der Waals surface area contributed by atoms with Crippen molar-refractivity contribution in [2.24, 2.45) is 0 Å². The van der Waals surface area contributed by atoms with Crippen molar-refractivity contribution in [2.75, 3.05) is 5.32 Å². The molecule has 1 aromatic carbocycles. The number of hydrogen-bond donors (Lipinski definition) is 2. The molecule has 1 aliphatic rings. The Morgan fingerprint density at radius 1 is 1.21 bits per heavy atom. The minimum atomic E-state index is -0.312. The zero-order valence-electron chi connectivity index (χ0n) is 10.6. The third kappa shape index (κ3) is 2.22.